The molecule has 1 atom stereocenters. The third-order valence-electron chi connectivity index (χ3n) is 2.62. The van der Waals surface area contributed by atoms with Crippen molar-refractivity contribution in [3.8, 4) is 5.75 Å². The molecule has 1 aromatic rings. The van der Waals surface area contributed by atoms with Crippen molar-refractivity contribution in [3.63, 3.8) is 0 Å². The predicted octanol–water partition coefficient (Wildman–Crippen LogP) is 2.85. The van der Waals surface area contributed by atoms with Crippen LogP contribution in [-0.4, -0.2) is 25.4 Å². The van der Waals surface area contributed by atoms with Crippen molar-refractivity contribution in [2.75, 3.05) is 20.3 Å². The number of aliphatic hydroxyl groups excluding tert-OH is 1. The van der Waals surface area contributed by atoms with Gasteiger partial charge in [0.2, 0.25) is 0 Å². The van der Waals surface area contributed by atoms with E-state index in [0.717, 1.165) is 36.3 Å². The van der Waals surface area contributed by atoms with Gasteiger partial charge in [-0.05, 0) is 38.3 Å². The Hall–Kier alpha value is -1.06. The van der Waals surface area contributed by atoms with Crippen molar-refractivity contribution in [2.45, 2.75) is 32.8 Å². The highest BCUT2D eigenvalue weighted by atomic mass is 16.5. The second-order valence-corrected chi connectivity index (χ2v) is 4.27. The summed E-state index contributed by atoms with van der Waals surface area (Å²) in [5.74, 6) is 0.789. The van der Waals surface area contributed by atoms with Crippen molar-refractivity contribution in [1.29, 1.82) is 0 Å². The number of rotatable bonds is 7. The van der Waals surface area contributed by atoms with Gasteiger partial charge in [0, 0.05) is 19.3 Å². The summed E-state index contributed by atoms with van der Waals surface area (Å²) in [6.07, 6.45) is 1.46. The van der Waals surface area contributed by atoms with Gasteiger partial charge in [0.1, 0.15) is 5.75 Å². The summed E-state index contributed by atoms with van der Waals surface area (Å²) in [5, 5.41) is 9.64. The maximum Gasteiger partial charge on any atom is 0.125 e. The van der Waals surface area contributed by atoms with Crippen molar-refractivity contribution in [1.82, 2.24) is 0 Å². The summed E-state index contributed by atoms with van der Waals surface area (Å²) in [7, 11) is 1.70. The van der Waals surface area contributed by atoms with Crippen LogP contribution in [0.1, 0.15) is 37.0 Å². The lowest BCUT2D eigenvalue weighted by Crippen LogP contribution is -2.03. The minimum absolute atomic E-state index is 0.496. The zero-order valence-corrected chi connectivity index (χ0v) is 10.9. The van der Waals surface area contributed by atoms with Crippen LogP contribution in [0.25, 0.3) is 0 Å². The normalized spacial score (nSPS) is 12.5. The SMILES string of the molecule is COCCCCOc1cc(C)ccc1[C@@H](C)O. The van der Waals surface area contributed by atoms with Crippen LogP contribution in [-0.2, 0) is 4.74 Å². The topological polar surface area (TPSA) is 38.7 Å². The van der Waals surface area contributed by atoms with E-state index in [1.165, 1.54) is 0 Å². The summed E-state index contributed by atoms with van der Waals surface area (Å²) >= 11 is 0. The second-order valence-electron chi connectivity index (χ2n) is 4.27. The minimum atomic E-state index is -0.496. The number of methoxy groups -OCH3 is 1. The van der Waals surface area contributed by atoms with Crippen LogP contribution < -0.4 is 4.74 Å². The first-order chi connectivity index (χ1) is 8.15. The third-order valence-corrected chi connectivity index (χ3v) is 2.62. The molecule has 1 rings (SSSR count). The molecule has 0 aliphatic rings. The third kappa shape index (κ3) is 4.75. The molecule has 0 aliphatic carbocycles. The lowest BCUT2D eigenvalue weighted by atomic mass is 10.1. The Kier molecular flexibility index (Phi) is 6.01. The molecule has 0 aliphatic heterocycles. The number of benzene rings is 1. The molecule has 0 fully saturated rings. The first kappa shape index (κ1) is 14.0. The molecular formula is C14H22O3. The molecule has 96 valence electrons. The van der Waals surface area contributed by atoms with Gasteiger partial charge in [-0.3, -0.25) is 0 Å². The van der Waals surface area contributed by atoms with Gasteiger partial charge in [-0.1, -0.05) is 12.1 Å². The molecule has 1 aromatic carbocycles. The van der Waals surface area contributed by atoms with Crippen LogP contribution in [0, 0.1) is 6.92 Å². The van der Waals surface area contributed by atoms with Crippen LogP contribution >= 0.6 is 0 Å². The fraction of sp³-hybridized carbons (Fsp3) is 0.571. The molecule has 0 spiro atoms. The minimum Gasteiger partial charge on any atom is -0.493 e. The Morgan fingerprint density at radius 3 is 2.59 bits per heavy atom. The second kappa shape index (κ2) is 7.30. The molecular weight excluding hydrogens is 216 g/mol. The molecule has 0 heterocycles. The molecule has 0 bridgehead atoms. The van der Waals surface area contributed by atoms with E-state index >= 15 is 0 Å². The molecule has 1 N–H and O–H groups in total. The van der Waals surface area contributed by atoms with Gasteiger partial charge in [-0.15, -0.1) is 0 Å². The van der Waals surface area contributed by atoms with E-state index in [0.29, 0.717) is 6.61 Å². The number of hydrogen-bond acceptors (Lipinski definition) is 3. The van der Waals surface area contributed by atoms with Crippen molar-refractivity contribution in [2.24, 2.45) is 0 Å². The molecule has 3 nitrogen and oxygen atoms in total. The Morgan fingerprint density at radius 2 is 1.94 bits per heavy atom. The summed E-state index contributed by atoms with van der Waals surface area (Å²) < 4.78 is 10.7. The van der Waals surface area contributed by atoms with E-state index in [1.807, 2.05) is 25.1 Å². The molecule has 3 heteroatoms. The molecule has 17 heavy (non-hydrogen) atoms. The Labute approximate surface area is 103 Å². The van der Waals surface area contributed by atoms with Crippen LogP contribution in [0.3, 0.4) is 0 Å². The maximum absolute atomic E-state index is 9.64. The van der Waals surface area contributed by atoms with Crippen LogP contribution in [0.5, 0.6) is 5.75 Å². The van der Waals surface area contributed by atoms with Gasteiger partial charge in [0.05, 0.1) is 12.7 Å². The zero-order valence-electron chi connectivity index (χ0n) is 10.9. The number of unbranched alkanes of at least 4 members (excludes halogenated alkanes) is 1. The highest BCUT2D eigenvalue weighted by molar-refractivity contribution is 5.38. The van der Waals surface area contributed by atoms with Crippen molar-refractivity contribution < 1.29 is 14.6 Å². The van der Waals surface area contributed by atoms with Crippen LogP contribution in [0.2, 0.25) is 0 Å². The Balaban J connectivity index is 2.53. The van der Waals surface area contributed by atoms with E-state index < -0.39 is 6.10 Å². The lowest BCUT2D eigenvalue weighted by molar-refractivity contribution is 0.178. The Morgan fingerprint density at radius 1 is 1.24 bits per heavy atom. The summed E-state index contributed by atoms with van der Waals surface area (Å²) in [6, 6.07) is 5.88. The van der Waals surface area contributed by atoms with Crippen LogP contribution in [0.4, 0.5) is 0 Å². The summed E-state index contributed by atoms with van der Waals surface area (Å²) in [6.45, 7) is 5.19. The first-order valence-corrected chi connectivity index (χ1v) is 6.05. The predicted molar refractivity (Wildman–Crippen MR) is 68.4 cm³/mol. The lowest BCUT2D eigenvalue weighted by Gasteiger charge is -2.14. The van der Waals surface area contributed by atoms with E-state index in [9.17, 15) is 5.11 Å². The maximum atomic E-state index is 9.64. The number of hydrogen-bond donors (Lipinski definition) is 1. The van der Waals surface area contributed by atoms with Gasteiger partial charge in [0.25, 0.3) is 0 Å². The van der Waals surface area contributed by atoms with Gasteiger partial charge in [-0.25, -0.2) is 0 Å². The summed E-state index contributed by atoms with van der Waals surface area (Å²) in [5.41, 5.74) is 1.99. The monoisotopic (exact) mass is 238 g/mol. The fourth-order valence-corrected chi connectivity index (χ4v) is 1.64. The largest absolute Gasteiger partial charge is 0.493 e. The van der Waals surface area contributed by atoms with Crippen LogP contribution in [0.15, 0.2) is 18.2 Å². The standard InChI is InChI=1S/C14H22O3/c1-11-6-7-13(12(2)15)14(10-11)17-9-5-4-8-16-3/h6-7,10,12,15H,4-5,8-9H2,1-3H3/t12-/m1/s1. The van der Waals surface area contributed by atoms with Crippen molar-refractivity contribution >= 4 is 0 Å². The average Bonchev–Trinajstić information content (AvgIpc) is 2.28. The molecule has 0 saturated carbocycles. The number of ether oxygens (including phenoxy) is 2. The van der Waals surface area contributed by atoms with Crippen molar-refractivity contribution in [3.05, 3.63) is 29.3 Å². The number of aliphatic hydroxyl groups is 1. The van der Waals surface area contributed by atoms with Gasteiger partial charge >= 0.3 is 0 Å². The van der Waals surface area contributed by atoms with E-state index in [2.05, 4.69) is 0 Å². The zero-order chi connectivity index (χ0) is 12.7. The Bertz CT molecular complexity index is 334. The molecule has 0 saturated heterocycles. The molecule has 0 unspecified atom stereocenters. The quantitative estimate of drug-likeness (QED) is 0.742. The van der Waals surface area contributed by atoms with E-state index in [1.54, 1.807) is 14.0 Å². The highest BCUT2D eigenvalue weighted by Gasteiger charge is 2.08. The fourth-order valence-electron chi connectivity index (χ4n) is 1.64. The average molecular weight is 238 g/mol. The van der Waals surface area contributed by atoms with Gasteiger partial charge in [0.15, 0.2) is 0 Å². The van der Waals surface area contributed by atoms with E-state index in [-0.39, 0.29) is 0 Å². The smallest absolute Gasteiger partial charge is 0.125 e. The number of aryl methyl sites for hydroxylation is 1. The highest BCUT2D eigenvalue weighted by Crippen LogP contribution is 2.26. The van der Waals surface area contributed by atoms with Gasteiger partial charge < -0.3 is 14.6 Å². The first-order valence-electron chi connectivity index (χ1n) is 6.05. The van der Waals surface area contributed by atoms with E-state index in [4.69, 9.17) is 9.47 Å². The molecule has 0 aromatic heterocycles. The molecule has 0 radical (unpaired) electrons. The molecule has 0 amide bonds. The van der Waals surface area contributed by atoms with Gasteiger partial charge in [-0.2, -0.15) is 0 Å². The summed E-state index contributed by atoms with van der Waals surface area (Å²) in [4.78, 5) is 0.